The highest BCUT2D eigenvalue weighted by molar-refractivity contribution is 7.91. The van der Waals surface area contributed by atoms with Gasteiger partial charge in [-0.1, -0.05) is 13.8 Å². The van der Waals surface area contributed by atoms with E-state index in [1.54, 1.807) is 6.07 Å². The van der Waals surface area contributed by atoms with Crippen molar-refractivity contribution in [2.75, 3.05) is 0 Å². The van der Waals surface area contributed by atoms with Crippen LogP contribution in [0.15, 0.2) is 10.3 Å². The second-order valence-electron chi connectivity index (χ2n) is 5.60. The first kappa shape index (κ1) is 14.7. The SMILES string of the molecule is CC(C)Cc1c[c]c(S(=O)(=O)NC(C)(C)C)s1. The summed E-state index contributed by atoms with van der Waals surface area (Å²) in [6.45, 7) is 9.70. The van der Waals surface area contributed by atoms with Gasteiger partial charge in [0.15, 0.2) is 0 Å². The molecule has 0 saturated carbocycles. The number of sulfonamides is 1. The molecule has 0 amide bonds. The Labute approximate surface area is 108 Å². The highest BCUT2D eigenvalue weighted by atomic mass is 32.2. The fraction of sp³-hybridized carbons (Fsp3) is 0.667. The lowest BCUT2D eigenvalue weighted by atomic mass is 10.1. The average molecular weight is 274 g/mol. The second kappa shape index (κ2) is 5.08. The van der Waals surface area contributed by atoms with E-state index in [0.717, 1.165) is 11.3 Å². The van der Waals surface area contributed by atoms with Crippen molar-refractivity contribution in [3.05, 3.63) is 17.0 Å². The van der Waals surface area contributed by atoms with Gasteiger partial charge in [-0.15, -0.1) is 11.3 Å². The van der Waals surface area contributed by atoms with Crippen LogP contribution in [0.1, 0.15) is 39.5 Å². The van der Waals surface area contributed by atoms with Crippen LogP contribution in [0.5, 0.6) is 0 Å². The maximum Gasteiger partial charge on any atom is 0.251 e. The number of hydrogen-bond donors (Lipinski definition) is 1. The molecule has 17 heavy (non-hydrogen) atoms. The molecule has 0 spiro atoms. The first-order valence-corrected chi connectivity index (χ1v) is 7.94. The van der Waals surface area contributed by atoms with Gasteiger partial charge in [0.2, 0.25) is 0 Å². The van der Waals surface area contributed by atoms with Crippen molar-refractivity contribution >= 4 is 21.4 Å². The van der Waals surface area contributed by atoms with Gasteiger partial charge in [-0.05, 0) is 39.2 Å². The average Bonchev–Trinajstić information content (AvgIpc) is 2.46. The van der Waals surface area contributed by atoms with E-state index in [1.807, 2.05) is 20.8 Å². The van der Waals surface area contributed by atoms with Gasteiger partial charge in [-0.25, -0.2) is 13.1 Å². The topological polar surface area (TPSA) is 46.2 Å². The fourth-order valence-corrected chi connectivity index (χ4v) is 4.29. The van der Waals surface area contributed by atoms with Gasteiger partial charge in [0.1, 0.15) is 4.21 Å². The molecule has 5 heteroatoms. The zero-order valence-corrected chi connectivity index (χ0v) is 12.6. The smallest absolute Gasteiger partial charge is 0.206 e. The Bertz CT molecular complexity index is 467. The quantitative estimate of drug-likeness (QED) is 0.917. The Kier molecular flexibility index (Phi) is 4.38. The van der Waals surface area contributed by atoms with Crippen molar-refractivity contribution in [3.63, 3.8) is 0 Å². The third-order valence-electron chi connectivity index (χ3n) is 1.87. The Hall–Kier alpha value is -0.390. The van der Waals surface area contributed by atoms with Crippen LogP contribution in [-0.2, 0) is 16.4 Å². The lowest BCUT2D eigenvalue weighted by Crippen LogP contribution is -2.40. The normalized spacial score (nSPS) is 13.3. The molecule has 0 saturated heterocycles. The second-order valence-corrected chi connectivity index (χ2v) is 8.61. The van der Waals surface area contributed by atoms with Crippen molar-refractivity contribution in [1.29, 1.82) is 0 Å². The summed E-state index contributed by atoms with van der Waals surface area (Å²) in [4.78, 5) is 1.06. The minimum Gasteiger partial charge on any atom is -0.206 e. The minimum absolute atomic E-state index is 0.281. The molecule has 1 aromatic rings. The molecule has 3 nitrogen and oxygen atoms in total. The predicted molar refractivity (Wildman–Crippen MR) is 71.8 cm³/mol. The van der Waals surface area contributed by atoms with Crippen molar-refractivity contribution in [3.8, 4) is 0 Å². The lowest BCUT2D eigenvalue weighted by molar-refractivity contribution is 0.492. The van der Waals surface area contributed by atoms with Gasteiger partial charge in [0.25, 0.3) is 10.0 Å². The standard InChI is InChI=1S/C12H20NO2S2/c1-9(2)8-10-6-7-11(16-10)17(14,15)13-12(3,4)5/h6,9,13H,8H2,1-5H3. The summed E-state index contributed by atoms with van der Waals surface area (Å²) >= 11 is 1.30. The van der Waals surface area contributed by atoms with Crippen molar-refractivity contribution in [2.24, 2.45) is 5.92 Å². The van der Waals surface area contributed by atoms with E-state index in [1.165, 1.54) is 11.3 Å². The molecule has 0 unspecified atom stereocenters. The molecule has 0 atom stereocenters. The largest absolute Gasteiger partial charge is 0.251 e. The van der Waals surface area contributed by atoms with Crippen LogP contribution in [-0.4, -0.2) is 14.0 Å². The molecule has 0 aromatic carbocycles. The third-order valence-corrected chi connectivity index (χ3v) is 5.11. The number of nitrogens with one attached hydrogen (secondary N) is 1. The van der Waals surface area contributed by atoms with E-state index in [0.29, 0.717) is 5.92 Å². The van der Waals surface area contributed by atoms with E-state index >= 15 is 0 Å². The van der Waals surface area contributed by atoms with E-state index in [9.17, 15) is 8.42 Å². The van der Waals surface area contributed by atoms with Crippen LogP contribution in [0.4, 0.5) is 0 Å². The Morgan fingerprint density at radius 3 is 2.47 bits per heavy atom. The van der Waals surface area contributed by atoms with Crippen molar-refractivity contribution < 1.29 is 8.42 Å². The molecule has 1 rings (SSSR count). The van der Waals surface area contributed by atoms with Crippen LogP contribution >= 0.6 is 11.3 Å². The Morgan fingerprint density at radius 1 is 1.41 bits per heavy atom. The Balaban J connectivity index is 2.89. The molecule has 0 aliphatic heterocycles. The van der Waals surface area contributed by atoms with Crippen molar-refractivity contribution in [2.45, 2.75) is 50.8 Å². The summed E-state index contributed by atoms with van der Waals surface area (Å²) in [6.07, 6.45) is 0.895. The van der Waals surface area contributed by atoms with Crippen LogP contribution < -0.4 is 4.72 Å². The molecular formula is C12H20NO2S2. The van der Waals surface area contributed by atoms with Gasteiger partial charge in [0, 0.05) is 16.5 Å². The zero-order valence-electron chi connectivity index (χ0n) is 11.0. The van der Waals surface area contributed by atoms with Gasteiger partial charge in [-0.3, -0.25) is 0 Å². The highest BCUT2D eigenvalue weighted by Gasteiger charge is 2.23. The van der Waals surface area contributed by atoms with Crippen molar-refractivity contribution in [1.82, 2.24) is 4.72 Å². The maximum absolute atomic E-state index is 12.0. The molecule has 1 heterocycles. The molecule has 1 N–H and O–H groups in total. The van der Waals surface area contributed by atoms with Gasteiger partial charge < -0.3 is 0 Å². The summed E-state index contributed by atoms with van der Waals surface area (Å²) in [5.41, 5.74) is -0.463. The predicted octanol–water partition coefficient (Wildman–Crippen LogP) is 2.82. The van der Waals surface area contributed by atoms with Gasteiger partial charge in [0.05, 0.1) is 0 Å². The van der Waals surface area contributed by atoms with Gasteiger partial charge >= 0.3 is 0 Å². The molecular weight excluding hydrogens is 254 g/mol. The molecule has 0 aliphatic rings. The Morgan fingerprint density at radius 2 is 2.00 bits per heavy atom. The van der Waals surface area contributed by atoms with Crippen LogP contribution in [0.25, 0.3) is 0 Å². The molecule has 1 aromatic heterocycles. The summed E-state index contributed by atoms with van der Waals surface area (Å²) in [5, 5.41) is 0. The van der Waals surface area contributed by atoms with Crippen LogP contribution in [0.2, 0.25) is 0 Å². The zero-order chi connectivity index (χ0) is 13.3. The third kappa shape index (κ3) is 4.77. The first-order valence-electron chi connectivity index (χ1n) is 5.64. The lowest BCUT2D eigenvalue weighted by Gasteiger charge is -2.19. The minimum atomic E-state index is -3.42. The highest BCUT2D eigenvalue weighted by Crippen LogP contribution is 2.24. The van der Waals surface area contributed by atoms with Crippen LogP contribution in [0, 0.1) is 12.0 Å². The van der Waals surface area contributed by atoms with E-state index < -0.39 is 15.6 Å². The molecule has 0 fully saturated rings. The number of rotatable bonds is 4. The van der Waals surface area contributed by atoms with Crippen LogP contribution in [0.3, 0.4) is 0 Å². The van der Waals surface area contributed by atoms with E-state index in [4.69, 9.17) is 0 Å². The fourth-order valence-electron chi connectivity index (χ4n) is 1.40. The van der Waals surface area contributed by atoms with Gasteiger partial charge in [-0.2, -0.15) is 0 Å². The van der Waals surface area contributed by atoms with E-state index in [-0.39, 0.29) is 4.21 Å². The number of thiophene rings is 1. The summed E-state index contributed by atoms with van der Waals surface area (Å²) < 4.78 is 26.9. The summed E-state index contributed by atoms with van der Waals surface area (Å²) in [7, 11) is -3.42. The summed E-state index contributed by atoms with van der Waals surface area (Å²) in [6, 6.07) is 4.62. The molecule has 0 bridgehead atoms. The first-order chi connectivity index (χ1) is 7.60. The maximum atomic E-state index is 12.0. The summed E-state index contributed by atoms with van der Waals surface area (Å²) in [5.74, 6) is 0.521. The molecule has 1 radical (unpaired) electrons. The number of hydrogen-bond acceptors (Lipinski definition) is 3. The molecule has 0 aliphatic carbocycles. The monoisotopic (exact) mass is 274 g/mol. The van der Waals surface area contributed by atoms with E-state index in [2.05, 4.69) is 24.6 Å². The molecule has 97 valence electrons.